The Kier molecular flexibility index (Phi) is 5.19. The predicted molar refractivity (Wildman–Crippen MR) is 103 cm³/mol. The van der Waals surface area contributed by atoms with Gasteiger partial charge >= 0.3 is 0 Å². The summed E-state index contributed by atoms with van der Waals surface area (Å²) in [5, 5.41) is 14.5. The zero-order valence-corrected chi connectivity index (χ0v) is 15.3. The number of hydrogen-bond acceptors (Lipinski definition) is 4. The number of hydrazone groups is 1. The van der Waals surface area contributed by atoms with Gasteiger partial charge in [0.2, 0.25) is 0 Å². The number of anilines is 1. The molecule has 2 rings (SSSR count). The van der Waals surface area contributed by atoms with E-state index in [0.717, 1.165) is 12.1 Å². The van der Waals surface area contributed by atoms with Gasteiger partial charge < -0.3 is 10.8 Å². The molecule has 1 atom stereocenters. The van der Waals surface area contributed by atoms with Crippen molar-refractivity contribution in [2.24, 2.45) is 16.3 Å². The molecule has 4 nitrogen and oxygen atoms in total. The molecule has 0 fully saturated rings. The zero-order valence-electron chi connectivity index (χ0n) is 15.3. The molecule has 1 aromatic rings. The average Bonchev–Trinajstić information content (AvgIpc) is 2.45. The zero-order chi connectivity index (χ0) is 18.0. The van der Waals surface area contributed by atoms with Crippen LogP contribution in [-0.4, -0.2) is 16.9 Å². The van der Waals surface area contributed by atoms with Gasteiger partial charge in [0.15, 0.2) is 0 Å². The van der Waals surface area contributed by atoms with Gasteiger partial charge in [-0.25, -0.2) is 0 Å². The van der Waals surface area contributed by atoms with Crippen molar-refractivity contribution in [3.05, 3.63) is 48.1 Å². The number of benzene rings is 1. The molecular weight excluding hydrogens is 298 g/mol. The van der Waals surface area contributed by atoms with E-state index >= 15 is 0 Å². The second kappa shape index (κ2) is 6.81. The Hall–Kier alpha value is -2.07. The number of phenolic OH excluding ortho intramolecular Hbond substituents is 1. The van der Waals surface area contributed by atoms with Crippen LogP contribution in [0.25, 0.3) is 0 Å². The monoisotopic (exact) mass is 327 g/mol. The summed E-state index contributed by atoms with van der Waals surface area (Å²) < 4.78 is 0. The number of hydrogen-bond donors (Lipinski definition) is 3. The molecule has 130 valence electrons. The van der Waals surface area contributed by atoms with Crippen molar-refractivity contribution < 1.29 is 5.11 Å². The van der Waals surface area contributed by atoms with Gasteiger partial charge in [-0.1, -0.05) is 58.9 Å². The summed E-state index contributed by atoms with van der Waals surface area (Å²) in [6.07, 6.45) is 8.58. The van der Waals surface area contributed by atoms with E-state index in [1.54, 1.807) is 6.07 Å². The smallest absolute Gasteiger partial charge is 0.140 e. The van der Waals surface area contributed by atoms with Gasteiger partial charge in [0.1, 0.15) is 5.75 Å². The van der Waals surface area contributed by atoms with E-state index in [9.17, 15) is 5.11 Å². The fraction of sp³-hybridized carbons (Fsp3) is 0.450. The normalized spacial score (nSPS) is 19.8. The summed E-state index contributed by atoms with van der Waals surface area (Å²) in [6, 6.07) is 5.44. The number of nitrogens with two attached hydrogens (primary N) is 1. The minimum absolute atomic E-state index is 0.000591. The summed E-state index contributed by atoms with van der Waals surface area (Å²) in [7, 11) is 0. The molecule has 0 spiro atoms. The van der Waals surface area contributed by atoms with Crippen LogP contribution in [0, 0.1) is 5.41 Å². The molecule has 1 aliphatic carbocycles. The second-order valence-corrected chi connectivity index (χ2v) is 8.27. The number of allylic oxidation sites excluding steroid dienone is 2. The maximum Gasteiger partial charge on any atom is 0.140 e. The average molecular weight is 327 g/mol. The van der Waals surface area contributed by atoms with Gasteiger partial charge in [0, 0.05) is 0 Å². The lowest BCUT2D eigenvalue weighted by molar-refractivity contribution is 0.284. The number of nitrogens with one attached hydrogen (secondary N) is 1. The summed E-state index contributed by atoms with van der Waals surface area (Å²) >= 11 is 0. The lowest BCUT2D eigenvalue weighted by atomic mass is 9.72. The SMILES string of the molecule is CC(C)(C)CC(C)(C)c1ccc(O)c(N/N=C2/C=CC=CC2N)c1. The Morgan fingerprint density at radius 3 is 2.50 bits per heavy atom. The Labute approximate surface area is 145 Å². The standard InChI is InChI=1S/C20H29N3O/c1-19(2,3)13-20(4,5)14-10-11-18(24)17(12-14)23-22-16-9-7-6-8-15(16)21/h6-12,15,23-24H,13,21H2,1-5H3/b22-16-. The van der Waals surface area contributed by atoms with Crippen LogP contribution in [0.1, 0.15) is 46.6 Å². The van der Waals surface area contributed by atoms with Gasteiger partial charge in [-0.15, -0.1) is 0 Å². The number of aromatic hydroxyl groups is 1. The van der Waals surface area contributed by atoms with Crippen LogP contribution in [0.4, 0.5) is 5.69 Å². The summed E-state index contributed by atoms with van der Waals surface area (Å²) in [5.41, 5.74) is 11.7. The molecule has 1 aromatic carbocycles. The molecule has 24 heavy (non-hydrogen) atoms. The van der Waals surface area contributed by atoms with E-state index in [4.69, 9.17) is 5.73 Å². The maximum absolute atomic E-state index is 10.1. The Bertz CT molecular complexity index is 679. The van der Waals surface area contributed by atoms with Crippen molar-refractivity contribution >= 4 is 11.4 Å². The second-order valence-electron chi connectivity index (χ2n) is 8.27. The molecule has 4 heteroatoms. The van der Waals surface area contributed by atoms with Gasteiger partial charge in [-0.3, -0.25) is 5.43 Å². The van der Waals surface area contributed by atoms with Crippen LogP contribution in [-0.2, 0) is 5.41 Å². The van der Waals surface area contributed by atoms with Gasteiger partial charge in [-0.05, 0) is 41.0 Å². The van der Waals surface area contributed by atoms with Crippen molar-refractivity contribution in [2.75, 3.05) is 5.43 Å². The lowest BCUT2D eigenvalue weighted by Gasteiger charge is -2.33. The molecule has 0 heterocycles. The molecule has 0 radical (unpaired) electrons. The van der Waals surface area contributed by atoms with E-state index in [0.29, 0.717) is 5.69 Å². The third kappa shape index (κ3) is 4.71. The molecule has 4 N–H and O–H groups in total. The lowest BCUT2D eigenvalue weighted by Crippen LogP contribution is -2.28. The molecule has 1 unspecified atom stereocenters. The highest BCUT2D eigenvalue weighted by atomic mass is 16.3. The van der Waals surface area contributed by atoms with Crippen LogP contribution < -0.4 is 11.2 Å². The van der Waals surface area contributed by atoms with E-state index in [-0.39, 0.29) is 22.6 Å². The number of phenols is 1. The molecule has 0 aliphatic heterocycles. The summed E-state index contributed by atoms with van der Waals surface area (Å²) in [6.45, 7) is 11.2. The van der Waals surface area contributed by atoms with Crippen molar-refractivity contribution in [3.8, 4) is 5.75 Å². The van der Waals surface area contributed by atoms with Crippen molar-refractivity contribution in [1.82, 2.24) is 0 Å². The number of rotatable bonds is 4. The van der Waals surface area contributed by atoms with Crippen molar-refractivity contribution in [2.45, 2.75) is 52.5 Å². The van der Waals surface area contributed by atoms with Crippen LogP contribution >= 0.6 is 0 Å². The molecule has 0 amide bonds. The third-order valence-electron chi connectivity index (χ3n) is 4.09. The fourth-order valence-electron chi connectivity index (χ4n) is 3.26. The molecule has 0 aromatic heterocycles. The van der Waals surface area contributed by atoms with E-state index < -0.39 is 0 Å². The van der Waals surface area contributed by atoms with Crippen LogP contribution in [0.5, 0.6) is 5.75 Å². The van der Waals surface area contributed by atoms with Crippen LogP contribution in [0.15, 0.2) is 47.6 Å². The van der Waals surface area contributed by atoms with Crippen LogP contribution in [0.2, 0.25) is 0 Å². The molecule has 0 saturated heterocycles. The molecule has 0 bridgehead atoms. The Morgan fingerprint density at radius 1 is 1.17 bits per heavy atom. The summed E-state index contributed by atoms with van der Waals surface area (Å²) in [5.74, 6) is 0.179. The van der Waals surface area contributed by atoms with E-state index in [2.05, 4.69) is 45.1 Å². The first kappa shape index (κ1) is 18.3. The van der Waals surface area contributed by atoms with Crippen molar-refractivity contribution in [3.63, 3.8) is 0 Å². The van der Waals surface area contributed by atoms with E-state index in [1.165, 1.54) is 5.56 Å². The van der Waals surface area contributed by atoms with Gasteiger partial charge in [-0.2, -0.15) is 5.10 Å². The molecule has 1 aliphatic rings. The minimum Gasteiger partial charge on any atom is -0.506 e. The first-order valence-electron chi connectivity index (χ1n) is 8.36. The van der Waals surface area contributed by atoms with Gasteiger partial charge in [0.25, 0.3) is 0 Å². The highest BCUT2D eigenvalue weighted by Gasteiger charge is 2.27. The number of nitrogens with zero attached hydrogens (tertiary/aromatic N) is 1. The topological polar surface area (TPSA) is 70.6 Å². The Morgan fingerprint density at radius 2 is 1.88 bits per heavy atom. The first-order chi connectivity index (χ1) is 11.1. The first-order valence-corrected chi connectivity index (χ1v) is 8.36. The van der Waals surface area contributed by atoms with Crippen LogP contribution in [0.3, 0.4) is 0 Å². The third-order valence-corrected chi connectivity index (χ3v) is 4.09. The minimum atomic E-state index is -0.231. The maximum atomic E-state index is 10.1. The highest BCUT2D eigenvalue weighted by molar-refractivity contribution is 6.02. The quantitative estimate of drug-likeness (QED) is 0.569. The molecule has 0 saturated carbocycles. The van der Waals surface area contributed by atoms with Crippen molar-refractivity contribution in [1.29, 1.82) is 0 Å². The van der Waals surface area contributed by atoms with Gasteiger partial charge in [0.05, 0.1) is 17.4 Å². The summed E-state index contributed by atoms with van der Waals surface area (Å²) in [4.78, 5) is 0. The largest absolute Gasteiger partial charge is 0.506 e. The Balaban J connectivity index is 2.24. The predicted octanol–water partition coefficient (Wildman–Crippen LogP) is 4.33. The molecular formula is C20H29N3O. The highest BCUT2D eigenvalue weighted by Crippen LogP contribution is 2.38. The fourth-order valence-corrected chi connectivity index (χ4v) is 3.26. The van der Waals surface area contributed by atoms with E-state index in [1.807, 2.05) is 36.4 Å².